The van der Waals surface area contributed by atoms with Crippen LogP contribution in [0.5, 0.6) is 17.2 Å². The Bertz CT molecular complexity index is 987. The first-order chi connectivity index (χ1) is 13.0. The molecule has 0 amide bonds. The zero-order valence-electron chi connectivity index (χ0n) is 16.1. The number of rotatable bonds is 7. The Morgan fingerprint density at radius 1 is 1.07 bits per heavy atom. The lowest BCUT2D eigenvalue weighted by atomic mass is 10.1. The predicted octanol–water partition coefficient (Wildman–Crippen LogP) is 2.72. The second-order valence-corrected chi connectivity index (χ2v) is 7.12. The van der Waals surface area contributed by atoms with Crippen molar-refractivity contribution >= 4 is 16.3 Å². The molecule has 1 aromatic carbocycles. The number of aryl methyl sites for hydroxylation is 1. The van der Waals surface area contributed by atoms with Crippen molar-refractivity contribution in [3.63, 3.8) is 0 Å². The zero-order valence-corrected chi connectivity index (χ0v) is 16.9. The summed E-state index contributed by atoms with van der Waals surface area (Å²) in [6, 6.07) is 5.44. The Morgan fingerprint density at radius 3 is 2.33 bits per heavy atom. The van der Waals surface area contributed by atoms with Gasteiger partial charge in [-0.05, 0) is 31.7 Å². The van der Waals surface area contributed by atoms with Gasteiger partial charge in [-0.15, -0.1) is 11.3 Å². The van der Waals surface area contributed by atoms with Crippen LogP contribution in [0.2, 0.25) is 0 Å². The first-order valence-corrected chi connectivity index (χ1v) is 9.29. The summed E-state index contributed by atoms with van der Waals surface area (Å²) in [7, 11) is 6.76. The molecule has 0 saturated carbocycles. The summed E-state index contributed by atoms with van der Waals surface area (Å²) >= 11 is 1.47. The fourth-order valence-electron chi connectivity index (χ4n) is 3.05. The average Bonchev–Trinajstić information content (AvgIpc) is 3.01. The van der Waals surface area contributed by atoms with Crippen LogP contribution >= 0.6 is 11.3 Å². The molecule has 0 saturated heterocycles. The van der Waals surface area contributed by atoms with Crippen LogP contribution in [0.25, 0.3) is 4.96 Å². The van der Waals surface area contributed by atoms with Crippen LogP contribution in [-0.2, 0) is 13.1 Å². The molecular weight excluding hydrogens is 366 g/mol. The lowest BCUT2D eigenvalue weighted by Crippen LogP contribution is -2.21. The zero-order chi connectivity index (χ0) is 19.6. The third-order valence-electron chi connectivity index (χ3n) is 4.24. The van der Waals surface area contributed by atoms with Crippen molar-refractivity contribution in [1.29, 1.82) is 0 Å². The molecule has 0 fully saturated rings. The molecule has 0 aliphatic rings. The smallest absolute Gasteiger partial charge is 0.259 e. The van der Waals surface area contributed by atoms with E-state index in [1.54, 1.807) is 31.8 Å². The molecular formula is C19H23N3O4S. The lowest BCUT2D eigenvalue weighted by molar-refractivity contribution is 0.306. The molecule has 2 aromatic heterocycles. The Morgan fingerprint density at radius 2 is 1.74 bits per heavy atom. The molecule has 0 radical (unpaired) electrons. The molecule has 144 valence electrons. The topological polar surface area (TPSA) is 65.3 Å². The number of fused-ring (bicyclic) bond motifs is 1. The van der Waals surface area contributed by atoms with E-state index in [9.17, 15) is 4.79 Å². The van der Waals surface area contributed by atoms with Gasteiger partial charge in [-0.3, -0.25) is 14.1 Å². The van der Waals surface area contributed by atoms with Gasteiger partial charge in [0.05, 0.1) is 27.0 Å². The molecule has 0 spiro atoms. The summed E-state index contributed by atoms with van der Waals surface area (Å²) in [6.45, 7) is 3.10. The molecule has 0 N–H and O–H groups in total. The predicted molar refractivity (Wildman–Crippen MR) is 105 cm³/mol. The minimum Gasteiger partial charge on any atom is -0.493 e. The Labute approximate surface area is 161 Å². The van der Waals surface area contributed by atoms with Crippen molar-refractivity contribution in [2.45, 2.75) is 20.0 Å². The molecule has 3 rings (SSSR count). The van der Waals surface area contributed by atoms with Gasteiger partial charge in [0.15, 0.2) is 16.5 Å². The van der Waals surface area contributed by atoms with E-state index in [0.29, 0.717) is 30.3 Å². The van der Waals surface area contributed by atoms with Crippen LogP contribution in [0.1, 0.15) is 17.0 Å². The maximum absolute atomic E-state index is 12.3. The third-order valence-corrected chi connectivity index (χ3v) is 5.18. The van der Waals surface area contributed by atoms with Crippen LogP contribution in [0.3, 0.4) is 0 Å². The van der Waals surface area contributed by atoms with E-state index in [4.69, 9.17) is 14.2 Å². The van der Waals surface area contributed by atoms with Gasteiger partial charge in [0, 0.05) is 30.2 Å². The number of aromatic nitrogens is 2. The van der Waals surface area contributed by atoms with E-state index in [1.165, 1.54) is 11.3 Å². The van der Waals surface area contributed by atoms with Gasteiger partial charge in [-0.1, -0.05) is 0 Å². The second kappa shape index (κ2) is 7.98. The molecule has 27 heavy (non-hydrogen) atoms. The average molecular weight is 389 g/mol. The van der Waals surface area contributed by atoms with Gasteiger partial charge >= 0.3 is 0 Å². The Balaban J connectivity index is 1.82. The molecule has 3 aromatic rings. The van der Waals surface area contributed by atoms with E-state index in [-0.39, 0.29) is 5.56 Å². The SMILES string of the molecule is COc1cc(CN(C)Cc2cc(=O)n3c(C)csc3n2)cc(OC)c1OC. The van der Waals surface area contributed by atoms with E-state index >= 15 is 0 Å². The highest BCUT2D eigenvalue weighted by Crippen LogP contribution is 2.38. The Hall–Kier alpha value is -2.58. The van der Waals surface area contributed by atoms with E-state index in [0.717, 1.165) is 21.9 Å². The van der Waals surface area contributed by atoms with Gasteiger partial charge < -0.3 is 14.2 Å². The maximum Gasteiger partial charge on any atom is 0.259 e. The molecule has 0 bridgehead atoms. The first-order valence-electron chi connectivity index (χ1n) is 8.41. The summed E-state index contributed by atoms with van der Waals surface area (Å²) in [5, 5.41) is 1.94. The number of nitrogens with zero attached hydrogens (tertiary/aromatic N) is 3. The van der Waals surface area contributed by atoms with Crippen LogP contribution in [-0.4, -0.2) is 42.7 Å². The molecule has 2 heterocycles. The highest BCUT2D eigenvalue weighted by Gasteiger charge is 2.15. The molecule has 0 unspecified atom stereocenters. The number of thiazole rings is 1. The van der Waals surface area contributed by atoms with Crippen LogP contribution in [0.15, 0.2) is 28.4 Å². The van der Waals surface area contributed by atoms with Crippen molar-refractivity contribution in [2.75, 3.05) is 28.4 Å². The first kappa shape index (κ1) is 19.2. The van der Waals surface area contributed by atoms with E-state index < -0.39 is 0 Å². The monoisotopic (exact) mass is 389 g/mol. The van der Waals surface area contributed by atoms with Gasteiger partial charge in [-0.2, -0.15) is 0 Å². The minimum absolute atomic E-state index is 0.0464. The maximum atomic E-state index is 12.3. The van der Waals surface area contributed by atoms with E-state index in [2.05, 4.69) is 9.88 Å². The van der Waals surface area contributed by atoms with Crippen LogP contribution < -0.4 is 19.8 Å². The fourth-order valence-corrected chi connectivity index (χ4v) is 3.94. The van der Waals surface area contributed by atoms with Crippen molar-refractivity contribution in [2.24, 2.45) is 0 Å². The van der Waals surface area contributed by atoms with Gasteiger partial charge in [0.1, 0.15) is 0 Å². The van der Waals surface area contributed by atoms with Gasteiger partial charge in [0.2, 0.25) is 5.75 Å². The number of benzene rings is 1. The largest absolute Gasteiger partial charge is 0.493 e. The summed E-state index contributed by atoms with van der Waals surface area (Å²) in [5.74, 6) is 1.80. The molecule has 8 heteroatoms. The van der Waals surface area contributed by atoms with Crippen LogP contribution in [0, 0.1) is 6.92 Å². The van der Waals surface area contributed by atoms with Gasteiger partial charge in [-0.25, -0.2) is 4.98 Å². The van der Waals surface area contributed by atoms with Crippen molar-refractivity contribution < 1.29 is 14.2 Å². The summed E-state index contributed by atoms with van der Waals surface area (Å²) in [4.78, 5) is 19.7. The molecule has 0 aliphatic heterocycles. The minimum atomic E-state index is -0.0464. The Kier molecular flexibility index (Phi) is 5.67. The number of methoxy groups -OCH3 is 3. The van der Waals surface area contributed by atoms with Crippen molar-refractivity contribution in [3.8, 4) is 17.2 Å². The van der Waals surface area contributed by atoms with Crippen molar-refractivity contribution in [3.05, 3.63) is 50.9 Å². The second-order valence-electron chi connectivity index (χ2n) is 6.29. The molecule has 0 atom stereocenters. The van der Waals surface area contributed by atoms with Crippen molar-refractivity contribution in [1.82, 2.24) is 14.3 Å². The molecule has 7 nitrogen and oxygen atoms in total. The fraction of sp³-hybridized carbons (Fsp3) is 0.368. The number of ether oxygens (including phenoxy) is 3. The summed E-state index contributed by atoms with van der Waals surface area (Å²) < 4.78 is 17.8. The summed E-state index contributed by atoms with van der Waals surface area (Å²) in [5.41, 5.74) is 2.62. The van der Waals surface area contributed by atoms with E-state index in [1.807, 2.05) is 31.5 Å². The highest BCUT2D eigenvalue weighted by molar-refractivity contribution is 7.15. The third kappa shape index (κ3) is 3.91. The standard InChI is InChI=1S/C19H23N3O4S/c1-12-11-27-19-20-14(8-17(23)22(12)19)10-21(2)9-13-6-15(24-3)18(26-5)16(7-13)25-4/h6-8,11H,9-10H2,1-5H3. The van der Waals surface area contributed by atoms with Crippen LogP contribution in [0.4, 0.5) is 0 Å². The number of hydrogen-bond donors (Lipinski definition) is 0. The number of hydrogen-bond acceptors (Lipinski definition) is 7. The quantitative estimate of drug-likeness (QED) is 0.619. The highest BCUT2D eigenvalue weighted by atomic mass is 32.1. The summed E-state index contributed by atoms with van der Waals surface area (Å²) in [6.07, 6.45) is 0. The molecule has 0 aliphatic carbocycles. The normalized spacial score (nSPS) is 11.2. The lowest BCUT2D eigenvalue weighted by Gasteiger charge is -2.19. The van der Waals surface area contributed by atoms with Gasteiger partial charge in [0.25, 0.3) is 5.56 Å².